The van der Waals surface area contributed by atoms with E-state index in [0.29, 0.717) is 11.6 Å². The van der Waals surface area contributed by atoms with E-state index in [2.05, 4.69) is 44.4 Å². The Hall–Kier alpha value is -1.85. The first-order chi connectivity index (χ1) is 9.85. The fourth-order valence-electron chi connectivity index (χ4n) is 2.04. The average molecular weight is 276 g/mol. The van der Waals surface area contributed by atoms with Gasteiger partial charge >= 0.3 is 0 Å². The van der Waals surface area contributed by atoms with Gasteiger partial charge in [0.05, 0.1) is 6.33 Å². The van der Waals surface area contributed by atoms with Crippen molar-refractivity contribution < 1.29 is 0 Å². The van der Waals surface area contributed by atoms with Crippen LogP contribution in [0.4, 0.5) is 11.8 Å². The molecule has 0 aliphatic rings. The predicted molar refractivity (Wildman–Crippen MR) is 83.1 cm³/mol. The molecule has 6 nitrogen and oxygen atoms in total. The van der Waals surface area contributed by atoms with Crippen LogP contribution in [-0.2, 0) is 0 Å². The maximum absolute atomic E-state index is 4.52. The van der Waals surface area contributed by atoms with Crippen LogP contribution < -0.4 is 10.6 Å². The Morgan fingerprint density at radius 2 is 1.90 bits per heavy atom. The molecule has 0 fully saturated rings. The number of anilines is 2. The fraction of sp³-hybridized carbons (Fsp3) is 0.643. The molecule has 0 aromatic carbocycles. The van der Waals surface area contributed by atoms with Crippen LogP contribution in [-0.4, -0.2) is 33.0 Å². The Morgan fingerprint density at radius 3 is 2.70 bits per heavy atom. The van der Waals surface area contributed by atoms with Crippen LogP contribution in [0.5, 0.6) is 0 Å². The van der Waals surface area contributed by atoms with Gasteiger partial charge in [0.2, 0.25) is 5.95 Å². The zero-order chi connectivity index (χ0) is 14.2. The number of hydrogen-bond acceptors (Lipinski definition) is 5. The third kappa shape index (κ3) is 3.82. The SMILES string of the molecule is CCCCCCNc1nc(NCCC)nc2nc[nH]c12. The van der Waals surface area contributed by atoms with Crippen molar-refractivity contribution in [3.05, 3.63) is 6.33 Å². The summed E-state index contributed by atoms with van der Waals surface area (Å²) in [6, 6.07) is 0. The highest BCUT2D eigenvalue weighted by atomic mass is 15.2. The molecule has 0 spiro atoms. The van der Waals surface area contributed by atoms with Gasteiger partial charge in [-0.3, -0.25) is 0 Å². The lowest BCUT2D eigenvalue weighted by atomic mass is 10.2. The maximum atomic E-state index is 4.52. The Balaban J connectivity index is 2.03. The van der Waals surface area contributed by atoms with Crippen molar-refractivity contribution in [1.29, 1.82) is 0 Å². The zero-order valence-corrected chi connectivity index (χ0v) is 12.4. The van der Waals surface area contributed by atoms with E-state index in [0.717, 1.165) is 37.3 Å². The highest BCUT2D eigenvalue weighted by molar-refractivity contribution is 5.83. The second-order valence-electron chi connectivity index (χ2n) is 4.91. The topological polar surface area (TPSA) is 78.5 Å². The maximum Gasteiger partial charge on any atom is 0.226 e. The van der Waals surface area contributed by atoms with E-state index in [1.54, 1.807) is 6.33 Å². The van der Waals surface area contributed by atoms with Crippen molar-refractivity contribution in [3.63, 3.8) is 0 Å². The first kappa shape index (κ1) is 14.6. The molecule has 0 bridgehead atoms. The summed E-state index contributed by atoms with van der Waals surface area (Å²) < 4.78 is 0. The largest absolute Gasteiger partial charge is 0.368 e. The summed E-state index contributed by atoms with van der Waals surface area (Å²) in [6.07, 6.45) is 7.65. The van der Waals surface area contributed by atoms with Crippen molar-refractivity contribution in [2.45, 2.75) is 46.0 Å². The third-order valence-corrected chi connectivity index (χ3v) is 3.14. The normalized spacial score (nSPS) is 10.9. The van der Waals surface area contributed by atoms with Crippen LogP contribution in [0, 0.1) is 0 Å². The number of nitrogens with zero attached hydrogens (tertiary/aromatic N) is 3. The molecule has 2 aromatic rings. The van der Waals surface area contributed by atoms with Crippen molar-refractivity contribution >= 4 is 22.9 Å². The van der Waals surface area contributed by atoms with E-state index >= 15 is 0 Å². The van der Waals surface area contributed by atoms with Gasteiger partial charge in [-0.25, -0.2) is 4.98 Å². The highest BCUT2D eigenvalue weighted by Crippen LogP contribution is 2.18. The molecule has 0 radical (unpaired) electrons. The van der Waals surface area contributed by atoms with Gasteiger partial charge in [0.1, 0.15) is 5.52 Å². The smallest absolute Gasteiger partial charge is 0.226 e. The summed E-state index contributed by atoms with van der Waals surface area (Å²) >= 11 is 0. The Labute approximate surface area is 119 Å². The van der Waals surface area contributed by atoms with E-state index in [4.69, 9.17) is 0 Å². The molecule has 3 N–H and O–H groups in total. The minimum Gasteiger partial charge on any atom is -0.368 e. The lowest BCUT2D eigenvalue weighted by molar-refractivity contribution is 0.684. The first-order valence-corrected chi connectivity index (χ1v) is 7.54. The van der Waals surface area contributed by atoms with E-state index in [-0.39, 0.29) is 0 Å². The summed E-state index contributed by atoms with van der Waals surface area (Å²) in [7, 11) is 0. The third-order valence-electron chi connectivity index (χ3n) is 3.14. The Kier molecular flexibility index (Phi) is 5.58. The minimum atomic E-state index is 0.641. The van der Waals surface area contributed by atoms with Gasteiger partial charge in [0.15, 0.2) is 11.5 Å². The quantitative estimate of drug-likeness (QED) is 0.613. The molecule has 6 heteroatoms. The number of nitrogens with one attached hydrogen (secondary N) is 3. The summed E-state index contributed by atoms with van der Waals surface area (Å²) in [6.45, 7) is 6.13. The molecule has 0 aliphatic carbocycles. The molecule has 2 rings (SSSR count). The number of imidazole rings is 1. The van der Waals surface area contributed by atoms with Crippen LogP contribution in [0.3, 0.4) is 0 Å². The molecule has 2 heterocycles. The minimum absolute atomic E-state index is 0.641. The molecule has 0 atom stereocenters. The van der Waals surface area contributed by atoms with E-state index in [9.17, 15) is 0 Å². The van der Waals surface area contributed by atoms with E-state index in [1.807, 2.05) is 0 Å². The van der Waals surface area contributed by atoms with Crippen LogP contribution in [0.15, 0.2) is 6.33 Å². The Morgan fingerprint density at radius 1 is 1.00 bits per heavy atom. The van der Waals surface area contributed by atoms with Crippen LogP contribution in [0.25, 0.3) is 11.2 Å². The van der Waals surface area contributed by atoms with Gasteiger partial charge in [-0.05, 0) is 12.8 Å². The molecule has 20 heavy (non-hydrogen) atoms. The van der Waals surface area contributed by atoms with Crippen molar-refractivity contribution in [2.24, 2.45) is 0 Å². The van der Waals surface area contributed by atoms with Gasteiger partial charge in [-0.15, -0.1) is 0 Å². The fourth-order valence-corrected chi connectivity index (χ4v) is 2.04. The molecular formula is C14H24N6. The molecule has 0 aliphatic heterocycles. The number of rotatable bonds is 9. The zero-order valence-electron chi connectivity index (χ0n) is 12.4. The summed E-state index contributed by atoms with van der Waals surface area (Å²) in [5, 5.41) is 6.60. The summed E-state index contributed by atoms with van der Waals surface area (Å²) in [5.74, 6) is 1.48. The lowest BCUT2D eigenvalue weighted by Crippen LogP contribution is -2.09. The van der Waals surface area contributed by atoms with E-state index < -0.39 is 0 Å². The van der Waals surface area contributed by atoms with Crippen molar-refractivity contribution in [2.75, 3.05) is 23.7 Å². The summed E-state index contributed by atoms with van der Waals surface area (Å²) in [4.78, 5) is 16.2. The number of H-pyrrole nitrogens is 1. The highest BCUT2D eigenvalue weighted by Gasteiger charge is 2.09. The van der Waals surface area contributed by atoms with Gasteiger partial charge in [0.25, 0.3) is 0 Å². The van der Waals surface area contributed by atoms with Crippen molar-refractivity contribution in [3.8, 4) is 0 Å². The van der Waals surface area contributed by atoms with Crippen molar-refractivity contribution in [1.82, 2.24) is 19.9 Å². The van der Waals surface area contributed by atoms with E-state index in [1.165, 1.54) is 19.3 Å². The molecule has 0 saturated carbocycles. The monoisotopic (exact) mass is 276 g/mol. The average Bonchev–Trinajstić information content (AvgIpc) is 2.93. The van der Waals surface area contributed by atoms with Crippen LogP contribution >= 0.6 is 0 Å². The second kappa shape index (κ2) is 7.67. The first-order valence-electron chi connectivity index (χ1n) is 7.54. The summed E-state index contributed by atoms with van der Waals surface area (Å²) in [5.41, 5.74) is 1.58. The lowest BCUT2D eigenvalue weighted by Gasteiger charge is -2.09. The second-order valence-corrected chi connectivity index (χ2v) is 4.91. The molecule has 110 valence electrons. The van der Waals surface area contributed by atoms with Gasteiger partial charge < -0.3 is 15.6 Å². The van der Waals surface area contributed by atoms with Gasteiger partial charge in [0, 0.05) is 13.1 Å². The molecule has 0 saturated heterocycles. The number of fused-ring (bicyclic) bond motifs is 1. The van der Waals surface area contributed by atoms with Crippen LogP contribution in [0.1, 0.15) is 46.0 Å². The van der Waals surface area contributed by atoms with Crippen LogP contribution in [0.2, 0.25) is 0 Å². The number of unbranched alkanes of at least 4 members (excludes halogenated alkanes) is 3. The molecule has 2 aromatic heterocycles. The number of aromatic nitrogens is 4. The number of hydrogen-bond donors (Lipinski definition) is 3. The molecular weight excluding hydrogens is 252 g/mol. The Bertz CT molecular complexity index is 521. The molecule has 0 amide bonds. The van der Waals surface area contributed by atoms with Gasteiger partial charge in [-0.2, -0.15) is 9.97 Å². The standard InChI is InChI=1S/C14H24N6/c1-3-5-6-7-9-15-12-11-13(18-10-17-11)20-14(19-12)16-8-4-2/h10H,3-9H2,1-2H3,(H3,15,16,17,18,19,20). The van der Waals surface area contributed by atoms with Gasteiger partial charge in [-0.1, -0.05) is 33.1 Å². The number of aromatic amines is 1. The molecule has 0 unspecified atom stereocenters. The predicted octanol–water partition coefficient (Wildman–Crippen LogP) is 3.17.